The van der Waals surface area contributed by atoms with Gasteiger partial charge in [-0.1, -0.05) is 48.5 Å². The summed E-state index contributed by atoms with van der Waals surface area (Å²) in [7, 11) is 0. The third-order valence-electron chi connectivity index (χ3n) is 3.15. The molecule has 2 nitrogen and oxygen atoms in total. The Labute approximate surface area is 113 Å². The molecule has 2 atom stereocenters. The van der Waals surface area contributed by atoms with Crippen molar-refractivity contribution in [3.8, 4) is 0 Å². The van der Waals surface area contributed by atoms with Gasteiger partial charge in [0.2, 0.25) is 0 Å². The maximum atomic E-state index is 13.5. The number of nitrogens with two attached hydrogens (primary N) is 1. The second-order valence-electron chi connectivity index (χ2n) is 4.54. The minimum absolute atomic E-state index is 0.179. The third kappa shape index (κ3) is 3.63. The minimum Gasteiger partial charge on any atom is -0.372 e. The number of ether oxygens (including phenoxy) is 1. The fourth-order valence-corrected chi connectivity index (χ4v) is 1.89. The summed E-state index contributed by atoms with van der Waals surface area (Å²) in [6, 6.07) is 16.2. The van der Waals surface area contributed by atoms with Crippen molar-refractivity contribution in [2.75, 3.05) is 0 Å². The summed E-state index contributed by atoms with van der Waals surface area (Å²) in [6.07, 6.45) is -0.179. The van der Waals surface area contributed by atoms with Gasteiger partial charge in [0, 0.05) is 5.56 Å². The van der Waals surface area contributed by atoms with Crippen LogP contribution in [0, 0.1) is 5.82 Å². The van der Waals surface area contributed by atoms with Crippen molar-refractivity contribution in [1.82, 2.24) is 0 Å². The molecule has 0 aliphatic carbocycles. The molecule has 0 spiro atoms. The van der Waals surface area contributed by atoms with Crippen LogP contribution in [0.4, 0.5) is 4.39 Å². The van der Waals surface area contributed by atoms with Gasteiger partial charge in [-0.3, -0.25) is 0 Å². The molecule has 0 radical (unpaired) electrons. The first-order valence-corrected chi connectivity index (χ1v) is 6.34. The van der Waals surface area contributed by atoms with Gasteiger partial charge >= 0.3 is 0 Å². The van der Waals surface area contributed by atoms with Crippen LogP contribution in [0.2, 0.25) is 0 Å². The van der Waals surface area contributed by atoms with Crippen LogP contribution in [0.25, 0.3) is 0 Å². The lowest BCUT2D eigenvalue weighted by Gasteiger charge is -2.21. The Morgan fingerprint density at radius 3 is 2.37 bits per heavy atom. The van der Waals surface area contributed by atoms with E-state index in [2.05, 4.69) is 0 Å². The van der Waals surface area contributed by atoms with E-state index in [1.54, 1.807) is 18.2 Å². The second-order valence-corrected chi connectivity index (χ2v) is 4.54. The Morgan fingerprint density at radius 2 is 1.68 bits per heavy atom. The summed E-state index contributed by atoms with van der Waals surface area (Å²) in [6.45, 7) is 2.13. The molecule has 0 bridgehead atoms. The lowest BCUT2D eigenvalue weighted by molar-refractivity contribution is 0.0342. The molecule has 2 aromatic carbocycles. The van der Waals surface area contributed by atoms with Gasteiger partial charge in [-0.25, -0.2) is 4.39 Å². The zero-order chi connectivity index (χ0) is 13.7. The third-order valence-corrected chi connectivity index (χ3v) is 3.15. The van der Waals surface area contributed by atoms with E-state index in [1.165, 1.54) is 6.07 Å². The molecule has 0 fully saturated rings. The quantitative estimate of drug-likeness (QED) is 0.892. The normalized spacial score (nSPS) is 14.1. The molecule has 2 rings (SSSR count). The number of hydrogen-bond donors (Lipinski definition) is 1. The topological polar surface area (TPSA) is 35.2 Å². The van der Waals surface area contributed by atoms with Gasteiger partial charge in [0.05, 0.1) is 18.8 Å². The summed E-state index contributed by atoms with van der Waals surface area (Å²) >= 11 is 0. The lowest BCUT2D eigenvalue weighted by atomic mass is 10.0. The highest BCUT2D eigenvalue weighted by molar-refractivity contribution is 5.20. The Morgan fingerprint density at radius 1 is 1.05 bits per heavy atom. The lowest BCUT2D eigenvalue weighted by Crippen LogP contribution is -2.26. The van der Waals surface area contributed by atoms with Crippen LogP contribution in [0.15, 0.2) is 54.6 Å². The zero-order valence-electron chi connectivity index (χ0n) is 10.9. The van der Waals surface area contributed by atoms with Gasteiger partial charge in [0.15, 0.2) is 0 Å². The maximum absolute atomic E-state index is 13.5. The number of halogens is 1. The van der Waals surface area contributed by atoms with Gasteiger partial charge < -0.3 is 10.5 Å². The van der Waals surface area contributed by atoms with Gasteiger partial charge in [-0.05, 0) is 18.6 Å². The fourth-order valence-electron chi connectivity index (χ4n) is 1.89. The summed E-state index contributed by atoms with van der Waals surface area (Å²) in [4.78, 5) is 0. The highest BCUT2D eigenvalue weighted by Crippen LogP contribution is 2.18. The summed E-state index contributed by atoms with van der Waals surface area (Å²) in [5.41, 5.74) is 7.69. The number of benzene rings is 2. The highest BCUT2D eigenvalue weighted by atomic mass is 19.1. The van der Waals surface area contributed by atoms with Crippen molar-refractivity contribution >= 4 is 0 Å². The van der Waals surface area contributed by atoms with E-state index in [-0.39, 0.29) is 24.6 Å². The monoisotopic (exact) mass is 259 g/mol. The largest absolute Gasteiger partial charge is 0.372 e. The van der Waals surface area contributed by atoms with E-state index in [0.717, 1.165) is 5.56 Å². The van der Waals surface area contributed by atoms with Crippen molar-refractivity contribution in [2.24, 2.45) is 5.73 Å². The second kappa shape index (κ2) is 6.45. The standard InChI is InChI=1S/C16H18FNO/c1-12(16(18)13-7-3-2-4-8-13)19-11-14-9-5-6-10-15(14)17/h2-10,12,16H,11,18H2,1H3. The average Bonchev–Trinajstić information content (AvgIpc) is 2.46. The molecular formula is C16H18FNO. The van der Waals surface area contributed by atoms with Gasteiger partial charge in [-0.2, -0.15) is 0 Å². The maximum Gasteiger partial charge on any atom is 0.128 e. The van der Waals surface area contributed by atoms with Crippen LogP contribution in [0.5, 0.6) is 0 Å². The first-order chi connectivity index (χ1) is 9.18. The molecule has 3 heteroatoms. The van der Waals surface area contributed by atoms with E-state index < -0.39 is 0 Å². The molecule has 2 N–H and O–H groups in total. The molecule has 0 aliphatic rings. The van der Waals surface area contributed by atoms with Crippen molar-refractivity contribution in [3.63, 3.8) is 0 Å². The average molecular weight is 259 g/mol. The van der Waals surface area contributed by atoms with Crippen LogP contribution >= 0.6 is 0 Å². The van der Waals surface area contributed by atoms with E-state index in [0.29, 0.717) is 5.56 Å². The van der Waals surface area contributed by atoms with E-state index in [1.807, 2.05) is 37.3 Å². The van der Waals surface area contributed by atoms with Crippen molar-refractivity contribution in [2.45, 2.75) is 25.7 Å². The Kier molecular flexibility index (Phi) is 4.66. The zero-order valence-corrected chi connectivity index (χ0v) is 10.9. The number of rotatable bonds is 5. The molecular weight excluding hydrogens is 241 g/mol. The smallest absolute Gasteiger partial charge is 0.128 e. The van der Waals surface area contributed by atoms with Crippen molar-refractivity contribution < 1.29 is 9.13 Å². The molecule has 0 heterocycles. The molecule has 0 saturated carbocycles. The van der Waals surface area contributed by atoms with E-state index in [4.69, 9.17) is 10.5 Å². The number of hydrogen-bond acceptors (Lipinski definition) is 2. The fraction of sp³-hybridized carbons (Fsp3) is 0.250. The molecule has 100 valence electrons. The molecule has 0 amide bonds. The van der Waals surface area contributed by atoms with Crippen LogP contribution in [-0.2, 0) is 11.3 Å². The Bertz CT molecular complexity index is 515. The SMILES string of the molecule is CC(OCc1ccccc1F)C(N)c1ccccc1. The molecule has 2 unspecified atom stereocenters. The predicted molar refractivity (Wildman–Crippen MR) is 74.0 cm³/mol. The first kappa shape index (κ1) is 13.7. The Hall–Kier alpha value is -1.71. The summed E-state index contributed by atoms with van der Waals surface area (Å²) in [5, 5.41) is 0. The predicted octanol–water partition coefficient (Wildman–Crippen LogP) is 3.43. The molecule has 0 saturated heterocycles. The van der Waals surface area contributed by atoms with E-state index in [9.17, 15) is 4.39 Å². The van der Waals surface area contributed by atoms with Crippen LogP contribution < -0.4 is 5.73 Å². The molecule has 19 heavy (non-hydrogen) atoms. The van der Waals surface area contributed by atoms with Crippen LogP contribution in [0.1, 0.15) is 24.1 Å². The van der Waals surface area contributed by atoms with Crippen molar-refractivity contribution in [3.05, 3.63) is 71.5 Å². The highest BCUT2D eigenvalue weighted by Gasteiger charge is 2.15. The summed E-state index contributed by atoms with van der Waals surface area (Å²) in [5.74, 6) is -0.247. The van der Waals surface area contributed by atoms with Crippen LogP contribution in [0.3, 0.4) is 0 Å². The first-order valence-electron chi connectivity index (χ1n) is 6.34. The van der Waals surface area contributed by atoms with E-state index >= 15 is 0 Å². The van der Waals surface area contributed by atoms with Gasteiger partial charge in [0.1, 0.15) is 5.82 Å². The van der Waals surface area contributed by atoms with Gasteiger partial charge in [-0.15, -0.1) is 0 Å². The Balaban J connectivity index is 1.95. The van der Waals surface area contributed by atoms with Crippen molar-refractivity contribution in [1.29, 1.82) is 0 Å². The molecule has 0 aliphatic heterocycles. The van der Waals surface area contributed by atoms with Gasteiger partial charge in [0.25, 0.3) is 0 Å². The molecule has 0 aromatic heterocycles. The summed E-state index contributed by atoms with van der Waals surface area (Å²) < 4.78 is 19.1. The van der Waals surface area contributed by atoms with Crippen LogP contribution in [-0.4, -0.2) is 6.10 Å². The minimum atomic E-state index is -0.247. The molecule has 2 aromatic rings.